The van der Waals surface area contributed by atoms with Crippen LogP contribution in [-0.4, -0.2) is 45.2 Å². The molecule has 3 aromatic rings. The molecule has 2 aliphatic heterocycles. The van der Waals surface area contributed by atoms with Gasteiger partial charge < -0.3 is 14.6 Å². The largest absolute Gasteiger partial charge is 0.486 e. The number of nitrogens with one attached hydrogen (secondary N) is 1. The van der Waals surface area contributed by atoms with E-state index in [1.165, 1.54) is 6.20 Å². The molecule has 3 heterocycles. The molecule has 0 saturated carbocycles. The van der Waals surface area contributed by atoms with Gasteiger partial charge in [0.2, 0.25) is 0 Å². The van der Waals surface area contributed by atoms with Gasteiger partial charge >= 0.3 is 0 Å². The van der Waals surface area contributed by atoms with E-state index in [0.717, 1.165) is 11.1 Å². The fraction of sp³-hybridized carbons (Fsp3) is 0.308. The van der Waals surface area contributed by atoms with Gasteiger partial charge in [-0.15, -0.1) is 0 Å². The van der Waals surface area contributed by atoms with E-state index in [4.69, 9.17) is 16.3 Å². The molecule has 5 rings (SSSR count). The number of carbonyl (C=O) groups excluding carboxylic acids is 2. The summed E-state index contributed by atoms with van der Waals surface area (Å²) in [6, 6.07) is 10.7. The number of ketones is 1. The number of nitrogens with zero attached hydrogens (tertiary/aromatic N) is 2. The second-order valence-electron chi connectivity index (χ2n) is 9.09. The van der Waals surface area contributed by atoms with E-state index in [1.807, 2.05) is 26.0 Å². The Labute approximate surface area is 201 Å². The molecule has 0 bridgehead atoms. The number of ether oxygens (including phenoxy) is 1. The van der Waals surface area contributed by atoms with Crippen LogP contribution in [0.4, 0.5) is 0 Å². The Morgan fingerprint density at radius 3 is 2.44 bits per heavy atom. The van der Waals surface area contributed by atoms with Crippen LogP contribution < -0.4 is 10.3 Å². The van der Waals surface area contributed by atoms with E-state index in [-0.39, 0.29) is 17.3 Å². The quantitative estimate of drug-likeness (QED) is 0.592. The van der Waals surface area contributed by atoms with Gasteiger partial charge in [0, 0.05) is 42.7 Å². The van der Waals surface area contributed by atoms with Gasteiger partial charge in [-0.2, -0.15) is 0 Å². The van der Waals surface area contributed by atoms with E-state index in [9.17, 15) is 14.4 Å². The molecule has 0 radical (unpaired) electrons. The SMILES string of the molecule is Cc1cc2c(cc1C)C(=O)CC1(CCN(C(=O)c3cnc(-c4ccc(Cl)cc4)[nH]c3=O)CC1)O2. The number of amides is 1. The highest BCUT2D eigenvalue weighted by Gasteiger charge is 2.44. The number of hydrogen-bond donors (Lipinski definition) is 1. The number of benzene rings is 2. The number of aryl methyl sites for hydroxylation is 2. The molecular formula is C26H24ClN3O4. The highest BCUT2D eigenvalue weighted by atomic mass is 35.5. The molecular weight excluding hydrogens is 454 g/mol. The Morgan fingerprint density at radius 2 is 1.76 bits per heavy atom. The second kappa shape index (κ2) is 8.40. The smallest absolute Gasteiger partial charge is 0.264 e. The zero-order valence-corrected chi connectivity index (χ0v) is 19.7. The fourth-order valence-corrected chi connectivity index (χ4v) is 4.74. The molecule has 2 aromatic carbocycles. The number of aromatic nitrogens is 2. The van der Waals surface area contributed by atoms with Gasteiger partial charge in [0.1, 0.15) is 22.7 Å². The lowest BCUT2D eigenvalue weighted by atomic mass is 9.82. The van der Waals surface area contributed by atoms with Crippen LogP contribution in [0.1, 0.15) is 51.1 Å². The van der Waals surface area contributed by atoms with Crippen molar-refractivity contribution in [3.8, 4) is 17.1 Å². The van der Waals surface area contributed by atoms with Crippen LogP contribution in [-0.2, 0) is 0 Å². The first-order chi connectivity index (χ1) is 16.2. The monoisotopic (exact) mass is 477 g/mol. The number of hydrogen-bond acceptors (Lipinski definition) is 5. The third-order valence-electron chi connectivity index (χ3n) is 6.81. The summed E-state index contributed by atoms with van der Waals surface area (Å²) in [4.78, 5) is 47.2. The summed E-state index contributed by atoms with van der Waals surface area (Å²) >= 11 is 5.91. The van der Waals surface area contributed by atoms with E-state index in [2.05, 4.69) is 9.97 Å². The highest BCUT2D eigenvalue weighted by molar-refractivity contribution is 6.30. The van der Waals surface area contributed by atoms with Crippen molar-refractivity contribution in [3.63, 3.8) is 0 Å². The zero-order chi connectivity index (χ0) is 24.0. The molecule has 1 saturated heterocycles. The van der Waals surface area contributed by atoms with E-state index < -0.39 is 11.2 Å². The van der Waals surface area contributed by atoms with Crippen molar-refractivity contribution in [2.24, 2.45) is 0 Å². The summed E-state index contributed by atoms with van der Waals surface area (Å²) in [5.41, 5.74) is 2.35. The van der Waals surface area contributed by atoms with Gasteiger partial charge in [-0.3, -0.25) is 14.4 Å². The summed E-state index contributed by atoms with van der Waals surface area (Å²) in [6.45, 7) is 4.76. The fourth-order valence-electron chi connectivity index (χ4n) is 4.62. The zero-order valence-electron chi connectivity index (χ0n) is 19.0. The van der Waals surface area contributed by atoms with Crippen molar-refractivity contribution in [1.82, 2.24) is 14.9 Å². The molecule has 2 aliphatic rings. The molecule has 1 spiro atoms. The number of H-pyrrole nitrogens is 1. The van der Waals surface area contributed by atoms with Crippen molar-refractivity contribution >= 4 is 23.3 Å². The molecule has 1 N–H and O–H groups in total. The molecule has 0 atom stereocenters. The number of Topliss-reactive ketones (excluding diaryl/α,β-unsaturated/α-hetero) is 1. The Hall–Kier alpha value is -3.45. The minimum atomic E-state index is -0.619. The van der Waals surface area contributed by atoms with Crippen LogP contribution >= 0.6 is 11.6 Å². The third-order valence-corrected chi connectivity index (χ3v) is 7.07. The highest BCUT2D eigenvalue weighted by Crippen LogP contribution is 2.40. The number of piperidine rings is 1. The van der Waals surface area contributed by atoms with Crippen LogP contribution in [0.25, 0.3) is 11.4 Å². The van der Waals surface area contributed by atoms with Gasteiger partial charge in [-0.1, -0.05) is 11.6 Å². The van der Waals surface area contributed by atoms with Crippen molar-refractivity contribution in [1.29, 1.82) is 0 Å². The average Bonchev–Trinajstić information content (AvgIpc) is 2.81. The Balaban J connectivity index is 1.31. The average molecular weight is 478 g/mol. The van der Waals surface area contributed by atoms with Gasteiger partial charge in [-0.05, 0) is 61.4 Å². The number of fused-ring (bicyclic) bond motifs is 1. The van der Waals surface area contributed by atoms with E-state index in [0.29, 0.717) is 60.1 Å². The summed E-state index contributed by atoms with van der Waals surface area (Å²) in [5, 5.41) is 0.582. The molecule has 1 aromatic heterocycles. The maximum atomic E-state index is 13.1. The lowest BCUT2D eigenvalue weighted by Crippen LogP contribution is -2.52. The van der Waals surface area contributed by atoms with Gasteiger partial charge in [0.15, 0.2) is 5.78 Å². The molecule has 1 fully saturated rings. The molecule has 0 unspecified atom stereocenters. The minimum absolute atomic E-state index is 0.00857. The first kappa shape index (κ1) is 22.3. The predicted octanol–water partition coefficient (Wildman–Crippen LogP) is 4.35. The second-order valence-corrected chi connectivity index (χ2v) is 9.53. The van der Waals surface area contributed by atoms with Gasteiger partial charge in [0.25, 0.3) is 11.5 Å². The van der Waals surface area contributed by atoms with E-state index >= 15 is 0 Å². The Morgan fingerprint density at radius 1 is 1.09 bits per heavy atom. The minimum Gasteiger partial charge on any atom is -0.486 e. The van der Waals surface area contributed by atoms with Crippen LogP contribution in [0.3, 0.4) is 0 Å². The first-order valence-electron chi connectivity index (χ1n) is 11.2. The standard InChI is InChI=1S/C26H24ClN3O4/c1-15-11-19-21(31)13-26(34-22(19)12-16(15)2)7-9-30(10-8-26)25(33)20-14-28-23(29-24(20)32)17-3-5-18(27)6-4-17/h3-6,11-12,14H,7-10,13H2,1-2H3,(H,28,29,32). The van der Waals surface area contributed by atoms with Crippen LogP contribution in [0.15, 0.2) is 47.4 Å². The number of halogens is 1. The number of carbonyl (C=O) groups is 2. The topological polar surface area (TPSA) is 92.4 Å². The maximum absolute atomic E-state index is 13.1. The molecule has 1 amide bonds. The lowest BCUT2D eigenvalue weighted by Gasteiger charge is -2.44. The van der Waals surface area contributed by atoms with Crippen molar-refractivity contribution in [3.05, 3.63) is 80.2 Å². The molecule has 34 heavy (non-hydrogen) atoms. The number of rotatable bonds is 2. The van der Waals surface area contributed by atoms with Gasteiger partial charge in [-0.25, -0.2) is 4.98 Å². The maximum Gasteiger partial charge on any atom is 0.264 e. The first-order valence-corrected chi connectivity index (χ1v) is 11.6. The Bertz CT molecular complexity index is 1360. The molecule has 0 aliphatic carbocycles. The summed E-state index contributed by atoms with van der Waals surface area (Å²) in [6.07, 6.45) is 2.65. The summed E-state index contributed by atoms with van der Waals surface area (Å²) in [5.74, 6) is 0.689. The van der Waals surface area contributed by atoms with Gasteiger partial charge in [0.05, 0.1) is 12.0 Å². The normalized spacial score (nSPS) is 16.8. The lowest BCUT2D eigenvalue weighted by molar-refractivity contribution is -0.00579. The summed E-state index contributed by atoms with van der Waals surface area (Å²) in [7, 11) is 0. The number of likely N-dealkylation sites (tertiary alicyclic amines) is 1. The van der Waals surface area contributed by atoms with Crippen LogP contribution in [0, 0.1) is 13.8 Å². The Kier molecular flexibility index (Phi) is 5.52. The van der Waals surface area contributed by atoms with Crippen molar-refractivity contribution in [2.45, 2.75) is 38.7 Å². The molecule has 8 heteroatoms. The van der Waals surface area contributed by atoms with Crippen molar-refractivity contribution < 1.29 is 14.3 Å². The van der Waals surface area contributed by atoms with Crippen LogP contribution in [0.5, 0.6) is 5.75 Å². The van der Waals surface area contributed by atoms with Crippen LogP contribution in [0.2, 0.25) is 5.02 Å². The molecule has 7 nitrogen and oxygen atoms in total. The molecule has 174 valence electrons. The summed E-state index contributed by atoms with van der Waals surface area (Å²) < 4.78 is 6.35. The predicted molar refractivity (Wildman–Crippen MR) is 129 cm³/mol. The number of aromatic amines is 1. The van der Waals surface area contributed by atoms with E-state index in [1.54, 1.807) is 29.2 Å². The third kappa shape index (κ3) is 4.01. The van der Waals surface area contributed by atoms with Crippen molar-refractivity contribution in [2.75, 3.05) is 13.1 Å².